The molecule has 172 valence electrons. The fraction of sp³-hybridized carbons (Fsp3) is 0.214. The molecule has 5 rings (SSSR count). The third-order valence-corrected chi connectivity index (χ3v) is 6.36. The lowest BCUT2D eigenvalue weighted by Crippen LogP contribution is -2.37. The molecular formula is C28H28N4O2. The van der Waals surface area contributed by atoms with Crippen molar-refractivity contribution < 1.29 is 5.11 Å². The first-order valence-corrected chi connectivity index (χ1v) is 11.5. The highest BCUT2D eigenvalue weighted by Crippen LogP contribution is 2.34. The summed E-state index contributed by atoms with van der Waals surface area (Å²) in [6, 6.07) is 25.3. The highest BCUT2D eigenvalue weighted by atomic mass is 16.3. The van der Waals surface area contributed by atoms with Crippen LogP contribution in [0.3, 0.4) is 0 Å². The van der Waals surface area contributed by atoms with Crippen molar-refractivity contribution in [2.45, 2.75) is 33.0 Å². The van der Waals surface area contributed by atoms with Gasteiger partial charge in [0.05, 0.1) is 5.69 Å². The Hall–Kier alpha value is -3.90. The average molecular weight is 453 g/mol. The van der Waals surface area contributed by atoms with Gasteiger partial charge in [-0.2, -0.15) is 9.78 Å². The zero-order valence-corrected chi connectivity index (χ0v) is 19.8. The lowest BCUT2D eigenvalue weighted by molar-refractivity contribution is 0.159. The Morgan fingerprint density at radius 3 is 2.24 bits per heavy atom. The van der Waals surface area contributed by atoms with Crippen LogP contribution >= 0.6 is 0 Å². The number of hydrogen-bond acceptors (Lipinski definition) is 4. The molecule has 6 nitrogen and oxygen atoms in total. The van der Waals surface area contributed by atoms with Gasteiger partial charge in [-0.25, -0.2) is 0 Å². The summed E-state index contributed by atoms with van der Waals surface area (Å²) in [7, 11) is 1.89. The van der Waals surface area contributed by atoms with Crippen LogP contribution in [0.2, 0.25) is 0 Å². The molecule has 0 aliphatic rings. The molecule has 34 heavy (non-hydrogen) atoms. The molecule has 0 spiro atoms. The second-order valence-corrected chi connectivity index (χ2v) is 8.95. The highest BCUT2D eigenvalue weighted by Gasteiger charge is 2.29. The number of aryl methyl sites for hydroxylation is 2. The Labute approximate surface area is 198 Å². The highest BCUT2D eigenvalue weighted by molar-refractivity contribution is 6.09. The van der Waals surface area contributed by atoms with Gasteiger partial charge >= 0.3 is 0 Å². The summed E-state index contributed by atoms with van der Waals surface area (Å²) in [6.07, 6.45) is -1.06. The monoisotopic (exact) mass is 452 g/mol. The number of para-hydroxylation sites is 2. The maximum atomic E-state index is 13.7. The zero-order valence-electron chi connectivity index (χ0n) is 19.8. The van der Waals surface area contributed by atoms with E-state index >= 15 is 0 Å². The Morgan fingerprint density at radius 2 is 1.56 bits per heavy atom. The van der Waals surface area contributed by atoms with Gasteiger partial charge in [0.15, 0.2) is 6.23 Å². The minimum atomic E-state index is -1.06. The zero-order chi connectivity index (χ0) is 24.0. The fourth-order valence-corrected chi connectivity index (χ4v) is 4.70. The first kappa shape index (κ1) is 21.9. The van der Waals surface area contributed by atoms with E-state index in [9.17, 15) is 9.90 Å². The summed E-state index contributed by atoms with van der Waals surface area (Å²) in [5, 5.41) is 18.2. The number of aromatic nitrogens is 3. The minimum Gasteiger partial charge on any atom is -0.368 e. The Kier molecular flexibility index (Phi) is 5.46. The van der Waals surface area contributed by atoms with Crippen LogP contribution in [0.5, 0.6) is 0 Å². The van der Waals surface area contributed by atoms with Crippen LogP contribution in [-0.4, -0.2) is 25.5 Å². The predicted molar refractivity (Wildman–Crippen MR) is 138 cm³/mol. The normalized spacial score (nSPS) is 12.5. The summed E-state index contributed by atoms with van der Waals surface area (Å²) < 4.78 is 3.31. The lowest BCUT2D eigenvalue weighted by Gasteiger charge is -2.33. The number of benzene rings is 3. The smallest absolute Gasteiger partial charge is 0.296 e. The van der Waals surface area contributed by atoms with Crippen molar-refractivity contribution in [2.24, 2.45) is 7.05 Å². The molecule has 0 aliphatic heterocycles. The molecule has 0 fully saturated rings. The largest absolute Gasteiger partial charge is 0.368 e. The van der Waals surface area contributed by atoms with Gasteiger partial charge < -0.3 is 14.6 Å². The first-order chi connectivity index (χ1) is 16.4. The van der Waals surface area contributed by atoms with Crippen LogP contribution in [0.15, 0.2) is 83.7 Å². The molecule has 0 aliphatic carbocycles. The summed E-state index contributed by atoms with van der Waals surface area (Å²) in [5.41, 5.74) is 4.30. The number of hydrogen-bond donors (Lipinski definition) is 1. The molecular weight excluding hydrogens is 424 g/mol. The van der Waals surface area contributed by atoms with Gasteiger partial charge in [-0.1, -0.05) is 54.1 Å². The molecule has 0 radical (unpaired) electrons. The molecule has 6 heteroatoms. The fourth-order valence-electron chi connectivity index (χ4n) is 4.70. The van der Waals surface area contributed by atoms with Crippen LogP contribution in [-0.2, 0) is 7.05 Å². The van der Waals surface area contributed by atoms with Crippen molar-refractivity contribution in [3.63, 3.8) is 0 Å². The number of nitrogens with zero attached hydrogens (tertiary/aromatic N) is 4. The topological polar surface area (TPSA) is 63.3 Å². The maximum absolute atomic E-state index is 13.7. The van der Waals surface area contributed by atoms with E-state index in [0.717, 1.165) is 22.2 Å². The van der Waals surface area contributed by atoms with E-state index in [0.29, 0.717) is 22.3 Å². The average Bonchev–Trinajstić information content (AvgIpc) is 3.14. The quantitative estimate of drug-likeness (QED) is 0.377. The van der Waals surface area contributed by atoms with Crippen molar-refractivity contribution in [3.8, 4) is 5.69 Å². The van der Waals surface area contributed by atoms with Gasteiger partial charge in [0.25, 0.3) is 5.56 Å². The molecule has 2 aromatic heterocycles. The Bertz CT molecular complexity index is 1530. The van der Waals surface area contributed by atoms with Gasteiger partial charge in [-0.15, -0.1) is 0 Å². The lowest BCUT2D eigenvalue weighted by atomic mass is 10.1. The number of anilines is 1. The van der Waals surface area contributed by atoms with Gasteiger partial charge in [-0.3, -0.25) is 4.79 Å². The van der Waals surface area contributed by atoms with Crippen molar-refractivity contribution >= 4 is 27.5 Å². The van der Waals surface area contributed by atoms with Crippen LogP contribution in [0.1, 0.15) is 31.3 Å². The van der Waals surface area contributed by atoms with E-state index in [1.165, 1.54) is 4.68 Å². The van der Waals surface area contributed by atoms with Crippen molar-refractivity contribution in [1.82, 2.24) is 14.3 Å². The van der Waals surface area contributed by atoms with E-state index in [1.54, 1.807) is 0 Å². The number of fused-ring (bicyclic) bond motifs is 3. The van der Waals surface area contributed by atoms with Crippen LogP contribution in [0.4, 0.5) is 5.69 Å². The van der Waals surface area contributed by atoms with Gasteiger partial charge in [-0.05, 0) is 51.1 Å². The van der Waals surface area contributed by atoms with Gasteiger partial charge in [0.2, 0.25) is 0 Å². The Morgan fingerprint density at radius 1 is 0.912 bits per heavy atom. The molecule has 2 heterocycles. The Balaban J connectivity index is 1.86. The predicted octanol–water partition coefficient (Wildman–Crippen LogP) is 5.09. The van der Waals surface area contributed by atoms with Crippen molar-refractivity contribution in [1.29, 1.82) is 0 Å². The summed E-state index contributed by atoms with van der Waals surface area (Å²) >= 11 is 0. The molecule has 0 saturated heterocycles. The number of aliphatic hydroxyl groups is 1. The van der Waals surface area contributed by atoms with E-state index < -0.39 is 6.23 Å². The summed E-state index contributed by atoms with van der Waals surface area (Å²) in [6.45, 7) is 6.07. The maximum Gasteiger partial charge on any atom is 0.296 e. The van der Waals surface area contributed by atoms with Crippen LogP contribution in [0.25, 0.3) is 27.5 Å². The SMILES string of the molecule is Cc1ccc(-n2nc(C(O)N(c3ccccc3)C(C)C)c3c4ccccc4n(C)c3c2=O)cc1. The van der Waals surface area contributed by atoms with Crippen molar-refractivity contribution in [3.05, 3.63) is 100 Å². The van der Waals surface area contributed by atoms with E-state index in [1.807, 2.05) is 116 Å². The first-order valence-electron chi connectivity index (χ1n) is 11.5. The standard InChI is InChI=1S/C28H28N4O2/c1-18(2)31(20-10-6-5-7-11-20)27(33)25-24-22-12-8-9-13-23(22)30(4)26(24)28(34)32(29-25)21-16-14-19(3)15-17-21/h5-18,27,33H,1-4H3. The van der Waals surface area contributed by atoms with E-state index in [4.69, 9.17) is 5.10 Å². The summed E-state index contributed by atoms with van der Waals surface area (Å²) in [4.78, 5) is 15.7. The minimum absolute atomic E-state index is 0.0102. The summed E-state index contributed by atoms with van der Waals surface area (Å²) in [5.74, 6) is 0. The van der Waals surface area contributed by atoms with E-state index in [2.05, 4.69) is 0 Å². The molecule has 0 bridgehead atoms. The molecule has 0 saturated carbocycles. The molecule has 3 aromatic carbocycles. The van der Waals surface area contributed by atoms with Crippen LogP contribution in [0, 0.1) is 6.92 Å². The molecule has 1 atom stereocenters. The second-order valence-electron chi connectivity index (χ2n) is 8.95. The molecule has 0 amide bonds. The third-order valence-electron chi connectivity index (χ3n) is 6.36. The number of aliphatic hydroxyl groups excluding tert-OH is 1. The number of rotatable bonds is 5. The van der Waals surface area contributed by atoms with Crippen molar-refractivity contribution in [2.75, 3.05) is 4.90 Å². The third kappa shape index (κ3) is 3.47. The van der Waals surface area contributed by atoms with E-state index in [-0.39, 0.29) is 11.6 Å². The van der Waals surface area contributed by atoms with Gasteiger partial charge in [0, 0.05) is 35.1 Å². The molecule has 1 N–H and O–H groups in total. The van der Waals surface area contributed by atoms with Gasteiger partial charge in [0.1, 0.15) is 11.2 Å². The second kappa shape index (κ2) is 8.47. The molecule has 1 unspecified atom stereocenters. The molecule has 5 aromatic rings. The van der Waals surface area contributed by atoms with Crippen LogP contribution < -0.4 is 10.5 Å².